The number of hydrogen-bond donors (Lipinski definition) is 4. The molecule has 0 amide bonds. The highest BCUT2D eigenvalue weighted by molar-refractivity contribution is 6.12. The van der Waals surface area contributed by atoms with Gasteiger partial charge in [-0.3, -0.25) is 4.99 Å². The summed E-state index contributed by atoms with van der Waals surface area (Å²) in [6, 6.07) is 0. The average Bonchev–Trinajstić information content (AvgIpc) is 3.50. The van der Waals surface area contributed by atoms with Gasteiger partial charge in [-0.05, 0) is 54.7 Å². The van der Waals surface area contributed by atoms with Crippen molar-refractivity contribution in [2.45, 2.75) is 0 Å². The van der Waals surface area contributed by atoms with E-state index < -0.39 is 34.7 Å². The summed E-state index contributed by atoms with van der Waals surface area (Å²) in [7, 11) is 0. The molecule has 4 N–H and O–H groups in total. The minimum Gasteiger partial charge on any atom is -0.478 e. The van der Waals surface area contributed by atoms with E-state index in [0.29, 0.717) is 17.1 Å². The van der Waals surface area contributed by atoms with Gasteiger partial charge in [-0.2, -0.15) is 0 Å². The van der Waals surface area contributed by atoms with Crippen molar-refractivity contribution in [3.05, 3.63) is 88.2 Å². The molecule has 0 aliphatic carbocycles. The van der Waals surface area contributed by atoms with Crippen molar-refractivity contribution in [3.63, 3.8) is 0 Å². The fraction of sp³-hybridized carbons (Fsp3) is 0. The highest BCUT2D eigenvalue weighted by atomic mass is 16.4. The second-order valence-corrected chi connectivity index (χ2v) is 6.66. The molecule has 32 heavy (non-hydrogen) atoms. The third-order valence-electron chi connectivity index (χ3n) is 4.50. The molecule has 0 atom stereocenters. The molecule has 4 rings (SSSR count). The summed E-state index contributed by atoms with van der Waals surface area (Å²) >= 11 is 0. The first-order chi connectivity index (χ1) is 15.3. The maximum atomic E-state index is 11.6. The number of aromatic nitrogens is 1. The molecule has 158 valence electrons. The standard InChI is InChI=1S/C22H14N4O6/c27-20(28)17-16(26-19(22(31)32)18(17)21(29)30)10-15-6-5-14(25-15)9-13-4-3-12(24-13)8-11-2-1-7-23-11/h1-10,26H,(H,27,28)(H,29,30)(H,31,32). The quantitative estimate of drug-likeness (QED) is 0.542. The van der Waals surface area contributed by atoms with Crippen LogP contribution >= 0.6 is 0 Å². The van der Waals surface area contributed by atoms with Gasteiger partial charge in [-0.1, -0.05) is 0 Å². The number of nitrogens with zero attached hydrogens (tertiary/aromatic N) is 3. The third kappa shape index (κ3) is 4.05. The van der Waals surface area contributed by atoms with Crippen molar-refractivity contribution in [1.29, 1.82) is 0 Å². The molecule has 0 fully saturated rings. The smallest absolute Gasteiger partial charge is 0.353 e. The van der Waals surface area contributed by atoms with Gasteiger partial charge in [-0.15, -0.1) is 0 Å². The normalized spacial score (nSPS) is 20.1. The molecule has 3 aliphatic heterocycles. The van der Waals surface area contributed by atoms with E-state index in [1.807, 2.05) is 24.3 Å². The van der Waals surface area contributed by atoms with Crippen molar-refractivity contribution in [3.8, 4) is 0 Å². The Morgan fingerprint density at radius 1 is 0.719 bits per heavy atom. The number of aliphatic imine (C=N–C) groups is 3. The Hall–Kier alpha value is -4.86. The summed E-state index contributed by atoms with van der Waals surface area (Å²) in [6.07, 6.45) is 17.1. The molecular weight excluding hydrogens is 416 g/mol. The summed E-state index contributed by atoms with van der Waals surface area (Å²) in [5.74, 6) is -4.81. The van der Waals surface area contributed by atoms with E-state index in [0.717, 1.165) is 11.4 Å². The average molecular weight is 430 g/mol. The number of aromatic amines is 1. The number of carboxylic acid groups (broad SMARTS) is 3. The van der Waals surface area contributed by atoms with Gasteiger partial charge in [-0.25, -0.2) is 24.4 Å². The number of carboxylic acids is 3. The maximum Gasteiger partial charge on any atom is 0.353 e. The molecule has 0 saturated carbocycles. The van der Waals surface area contributed by atoms with Gasteiger partial charge in [0.2, 0.25) is 0 Å². The Labute approximate surface area is 180 Å². The first-order valence-electron chi connectivity index (χ1n) is 9.17. The van der Waals surface area contributed by atoms with Crippen LogP contribution in [-0.4, -0.2) is 55.8 Å². The monoisotopic (exact) mass is 430 g/mol. The van der Waals surface area contributed by atoms with E-state index in [1.54, 1.807) is 30.5 Å². The van der Waals surface area contributed by atoms with Crippen LogP contribution in [0.2, 0.25) is 0 Å². The zero-order valence-corrected chi connectivity index (χ0v) is 16.2. The van der Waals surface area contributed by atoms with Crippen LogP contribution in [0.4, 0.5) is 0 Å². The minimum absolute atomic E-state index is 0.178. The Morgan fingerprint density at radius 2 is 1.31 bits per heavy atom. The van der Waals surface area contributed by atoms with Crippen molar-refractivity contribution >= 4 is 41.6 Å². The van der Waals surface area contributed by atoms with Gasteiger partial charge < -0.3 is 20.3 Å². The zero-order chi connectivity index (χ0) is 22.8. The van der Waals surface area contributed by atoms with E-state index in [9.17, 15) is 29.7 Å². The molecule has 1 aromatic heterocycles. The second-order valence-electron chi connectivity index (χ2n) is 6.66. The van der Waals surface area contributed by atoms with E-state index in [4.69, 9.17) is 0 Å². The number of aromatic carboxylic acids is 3. The molecule has 3 aliphatic rings. The van der Waals surface area contributed by atoms with Gasteiger partial charge in [0, 0.05) is 6.21 Å². The van der Waals surface area contributed by atoms with Crippen LogP contribution in [0.15, 0.2) is 80.7 Å². The van der Waals surface area contributed by atoms with Gasteiger partial charge >= 0.3 is 17.9 Å². The fourth-order valence-corrected chi connectivity index (χ4v) is 3.18. The van der Waals surface area contributed by atoms with Crippen molar-refractivity contribution in [2.24, 2.45) is 15.0 Å². The molecule has 10 heteroatoms. The third-order valence-corrected chi connectivity index (χ3v) is 4.50. The molecule has 10 nitrogen and oxygen atoms in total. The lowest BCUT2D eigenvalue weighted by molar-refractivity contribution is 0.0634. The van der Waals surface area contributed by atoms with E-state index >= 15 is 0 Å². The number of H-pyrrole nitrogens is 1. The van der Waals surface area contributed by atoms with E-state index in [1.165, 1.54) is 6.08 Å². The number of hydrogen-bond acceptors (Lipinski definition) is 6. The Morgan fingerprint density at radius 3 is 1.84 bits per heavy atom. The van der Waals surface area contributed by atoms with Crippen LogP contribution in [-0.2, 0) is 0 Å². The highest BCUT2D eigenvalue weighted by Crippen LogP contribution is 2.24. The van der Waals surface area contributed by atoms with E-state index in [-0.39, 0.29) is 5.69 Å². The number of rotatable bonds is 6. The van der Waals surface area contributed by atoms with Crippen LogP contribution in [0, 0.1) is 0 Å². The molecule has 0 aromatic carbocycles. The van der Waals surface area contributed by atoms with Gasteiger partial charge in [0.1, 0.15) is 11.3 Å². The summed E-state index contributed by atoms with van der Waals surface area (Å²) < 4.78 is 0. The summed E-state index contributed by atoms with van der Waals surface area (Å²) in [6.45, 7) is 0. The zero-order valence-electron chi connectivity index (χ0n) is 16.2. The number of nitrogens with one attached hydrogen (secondary N) is 1. The molecule has 0 radical (unpaired) electrons. The number of carbonyl (C=O) groups is 3. The molecule has 0 spiro atoms. The SMILES string of the molecule is O=C(O)c1[nH]c(C=C2C=CC(C=C3C=CC(C=C4C=CC=N4)=N3)=N2)c(C(=O)O)c1C(=O)O. The minimum atomic E-state index is -1.66. The maximum absolute atomic E-state index is 11.6. The lowest BCUT2D eigenvalue weighted by Gasteiger charge is -1.97. The van der Waals surface area contributed by atoms with Crippen LogP contribution in [0.3, 0.4) is 0 Å². The van der Waals surface area contributed by atoms with Crippen LogP contribution in [0.5, 0.6) is 0 Å². The van der Waals surface area contributed by atoms with Gasteiger partial charge in [0.15, 0.2) is 0 Å². The molecular formula is C22H14N4O6. The predicted molar refractivity (Wildman–Crippen MR) is 117 cm³/mol. The first-order valence-corrected chi connectivity index (χ1v) is 9.17. The molecule has 4 heterocycles. The lowest BCUT2D eigenvalue weighted by atomic mass is 10.1. The summed E-state index contributed by atoms with van der Waals surface area (Å²) in [5.41, 5.74) is 0.653. The van der Waals surface area contributed by atoms with Crippen LogP contribution < -0.4 is 0 Å². The largest absolute Gasteiger partial charge is 0.478 e. The second kappa shape index (κ2) is 8.11. The Kier molecular flexibility index (Phi) is 5.17. The van der Waals surface area contributed by atoms with Crippen molar-refractivity contribution in [1.82, 2.24) is 4.98 Å². The first kappa shape index (κ1) is 20.4. The summed E-state index contributed by atoms with van der Waals surface area (Å²) in [4.78, 5) is 49.7. The van der Waals surface area contributed by atoms with Gasteiger partial charge in [0.05, 0.1) is 39.8 Å². The van der Waals surface area contributed by atoms with Crippen LogP contribution in [0.1, 0.15) is 36.9 Å². The highest BCUT2D eigenvalue weighted by Gasteiger charge is 2.30. The Bertz CT molecular complexity index is 1330. The predicted octanol–water partition coefficient (Wildman–Crippen LogP) is 2.88. The molecule has 1 aromatic rings. The number of allylic oxidation sites excluding steroid dienone is 8. The molecule has 0 saturated heterocycles. The molecule has 0 unspecified atom stereocenters. The molecule has 0 bridgehead atoms. The van der Waals surface area contributed by atoms with Crippen molar-refractivity contribution < 1.29 is 29.7 Å². The fourth-order valence-electron chi connectivity index (χ4n) is 3.18. The van der Waals surface area contributed by atoms with E-state index in [2.05, 4.69) is 20.0 Å². The lowest BCUT2D eigenvalue weighted by Crippen LogP contribution is -2.10. The summed E-state index contributed by atoms with van der Waals surface area (Å²) in [5, 5.41) is 27.9. The van der Waals surface area contributed by atoms with Crippen LogP contribution in [0.25, 0.3) is 6.08 Å². The van der Waals surface area contributed by atoms with Gasteiger partial charge in [0.25, 0.3) is 0 Å². The Balaban J connectivity index is 1.63. The topological polar surface area (TPSA) is 165 Å². The van der Waals surface area contributed by atoms with Crippen molar-refractivity contribution in [2.75, 3.05) is 0 Å².